The first-order valence-corrected chi connectivity index (χ1v) is 9.12. The van der Waals surface area contributed by atoms with Crippen molar-refractivity contribution in [3.05, 3.63) is 66.7 Å². The third kappa shape index (κ3) is 1.41. The summed E-state index contributed by atoms with van der Waals surface area (Å²) >= 11 is 1.94. The summed E-state index contributed by atoms with van der Waals surface area (Å²) in [6.45, 7) is 0. The van der Waals surface area contributed by atoms with Gasteiger partial charge in [0.2, 0.25) is 0 Å². The number of rotatable bonds is 0. The van der Waals surface area contributed by atoms with Crippen molar-refractivity contribution >= 4 is 55.6 Å². The number of hydrogen-bond donors (Lipinski definition) is 0. The van der Waals surface area contributed by atoms with E-state index in [0.717, 1.165) is 0 Å². The van der Waals surface area contributed by atoms with Crippen LogP contribution in [-0.2, 0) is 0 Å². The Balaban J connectivity index is 1.88. The highest BCUT2D eigenvalue weighted by molar-refractivity contribution is 7.26. The zero-order chi connectivity index (χ0) is 15.8. The zero-order valence-corrected chi connectivity index (χ0v) is 14.1. The highest BCUT2D eigenvalue weighted by Crippen LogP contribution is 2.52. The van der Waals surface area contributed by atoms with Gasteiger partial charge in [-0.15, -0.1) is 11.3 Å². The SMILES string of the molecule is Bc1cccc2sc3c4c(ccc3c12)-c1cccc2cccc-4c12. The Kier molecular flexibility index (Phi) is 2.28. The molecule has 0 bridgehead atoms. The normalized spacial score (nSPS) is 12.3. The summed E-state index contributed by atoms with van der Waals surface area (Å²) in [6, 6.07) is 24.7. The fraction of sp³-hybridized carbons (Fsp3) is 0. The van der Waals surface area contributed by atoms with Crippen molar-refractivity contribution in [2.24, 2.45) is 0 Å². The molecule has 0 radical (unpaired) electrons. The maximum absolute atomic E-state index is 2.32. The first kappa shape index (κ1) is 12.8. The van der Waals surface area contributed by atoms with Crippen LogP contribution >= 0.6 is 11.3 Å². The van der Waals surface area contributed by atoms with Gasteiger partial charge in [-0.25, -0.2) is 0 Å². The molecular weight excluding hydrogens is 307 g/mol. The van der Waals surface area contributed by atoms with Crippen LogP contribution in [0.5, 0.6) is 0 Å². The molecule has 0 saturated carbocycles. The Morgan fingerprint density at radius 2 is 1.46 bits per heavy atom. The fourth-order valence-electron chi connectivity index (χ4n) is 4.33. The molecule has 110 valence electrons. The first-order chi connectivity index (χ1) is 11.8. The molecule has 0 unspecified atom stereocenters. The van der Waals surface area contributed by atoms with Crippen molar-refractivity contribution in [1.82, 2.24) is 0 Å². The van der Waals surface area contributed by atoms with Crippen LogP contribution in [0.3, 0.4) is 0 Å². The second kappa shape index (κ2) is 4.28. The van der Waals surface area contributed by atoms with Gasteiger partial charge >= 0.3 is 0 Å². The number of benzene rings is 4. The first-order valence-electron chi connectivity index (χ1n) is 8.30. The van der Waals surface area contributed by atoms with Gasteiger partial charge in [0.15, 0.2) is 0 Å². The van der Waals surface area contributed by atoms with E-state index >= 15 is 0 Å². The highest BCUT2D eigenvalue weighted by atomic mass is 32.1. The van der Waals surface area contributed by atoms with Gasteiger partial charge in [-0.05, 0) is 38.9 Å². The largest absolute Gasteiger partial charge is 0.140 e. The Morgan fingerprint density at radius 3 is 2.33 bits per heavy atom. The molecule has 1 aliphatic carbocycles. The van der Waals surface area contributed by atoms with Gasteiger partial charge in [-0.2, -0.15) is 0 Å². The average molecular weight is 320 g/mol. The van der Waals surface area contributed by atoms with Crippen molar-refractivity contribution in [3.8, 4) is 22.3 Å². The van der Waals surface area contributed by atoms with Crippen molar-refractivity contribution < 1.29 is 0 Å². The minimum absolute atomic E-state index is 1.34. The molecule has 5 aromatic rings. The second-order valence-corrected chi connectivity index (χ2v) is 7.68. The monoisotopic (exact) mass is 320 g/mol. The molecule has 0 N–H and O–H groups in total. The predicted molar refractivity (Wildman–Crippen MR) is 109 cm³/mol. The lowest BCUT2D eigenvalue weighted by atomic mass is 9.90. The maximum Gasteiger partial charge on any atom is 0.140 e. The molecule has 1 aromatic heterocycles. The minimum atomic E-state index is 1.34. The van der Waals surface area contributed by atoms with Crippen LogP contribution in [0.1, 0.15) is 0 Å². The molecule has 0 fully saturated rings. The summed E-state index contributed by atoms with van der Waals surface area (Å²) in [5, 5.41) is 5.57. The Bertz CT molecular complexity index is 1310. The topological polar surface area (TPSA) is 0 Å². The molecule has 4 aromatic carbocycles. The third-order valence-electron chi connectivity index (χ3n) is 5.34. The quantitative estimate of drug-likeness (QED) is 0.341. The van der Waals surface area contributed by atoms with E-state index in [4.69, 9.17) is 0 Å². The van der Waals surface area contributed by atoms with Gasteiger partial charge < -0.3 is 0 Å². The maximum atomic E-state index is 2.32. The Labute approximate surface area is 144 Å². The number of thiophene rings is 1. The summed E-state index contributed by atoms with van der Waals surface area (Å²) in [7, 11) is 2.22. The molecule has 1 heterocycles. The lowest BCUT2D eigenvalue weighted by Crippen LogP contribution is -2.00. The standard InChI is InChI=1S/C22H13BS/c23-17-8-3-9-18-21(17)16-11-10-14-13-6-1-4-12-5-2-7-15(19(12)13)20(14)22(16)24-18/h1-11H,23H2. The molecule has 6 rings (SSSR count). The summed E-state index contributed by atoms with van der Waals surface area (Å²) in [5.74, 6) is 0. The summed E-state index contributed by atoms with van der Waals surface area (Å²) in [4.78, 5) is 0. The molecule has 0 nitrogen and oxygen atoms in total. The molecule has 24 heavy (non-hydrogen) atoms. The molecule has 0 saturated heterocycles. The van der Waals surface area contributed by atoms with E-state index in [1.807, 2.05) is 11.3 Å². The predicted octanol–water partition coefficient (Wildman–Crippen LogP) is 5.11. The van der Waals surface area contributed by atoms with E-state index in [1.54, 1.807) is 0 Å². The summed E-state index contributed by atoms with van der Waals surface area (Å²) in [6.07, 6.45) is 0. The van der Waals surface area contributed by atoms with Crippen molar-refractivity contribution in [1.29, 1.82) is 0 Å². The molecule has 0 amide bonds. The minimum Gasteiger partial charge on any atom is -0.135 e. The van der Waals surface area contributed by atoms with Crippen LogP contribution in [0, 0.1) is 0 Å². The van der Waals surface area contributed by atoms with Crippen LogP contribution in [0.4, 0.5) is 0 Å². The second-order valence-electron chi connectivity index (χ2n) is 6.62. The van der Waals surface area contributed by atoms with Crippen LogP contribution in [0.2, 0.25) is 0 Å². The summed E-state index contributed by atoms with van der Waals surface area (Å²) in [5.41, 5.74) is 6.97. The van der Waals surface area contributed by atoms with Crippen molar-refractivity contribution in [3.63, 3.8) is 0 Å². The molecular formula is C22H13BS. The van der Waals surface area contributed by atoms with Gasteiger partial charge in [0, 0.05) is 20.3 Å². The average Bonchev–Trinajstić information content (AvgIpc) is 3.14. The summed E-state index contributed by atoms with van der Waals surface area (Å²) < 4.78 is 2.82. The fourth-order valence-corrected chi connectivity index (χ4v) is 5.67. The van der Waals surface area contributed by atoms with E-state index in [9.17, 15) is 0 Å². The molecule has 0 aliphatic heterocycles. The van der Waals surface area contributed by atoms with E-state index < -0.39 is 0 Å². The molecule has 1 aliphatic rings. The van der Waals surface area contributed by atoms with Gasteiger partial charge in [0.1, 0.15) is 7.85 Å². The molecule has 0 spiro atoms. The molecule has 2 heteroatoms. The Hall–Kier alpha value is -2.58. The lowest BCUT2D eigenvalue weighted by molar-refractivity contribution is 1.77. The molecule has 0 atom stereocenters. The van der Waals surface area contributed by atoms with E-state index in [-0.39, 0.29) is 0 Å². The van der Waals surface area contributed by atoms with Crippen molar-refractivity contribution in [2.45, 2.75) is 0 Å². The zero-order valence-electron chi connectivity index (χ0n) is 13.3. The smallest absolute Gasteiger partial charge is 0.135 e. The number of fused-ring (bicyclic) bond motifs is 7. The van der Waals surface area contributed by atoms with E-state index in [0.29, 0.717) is 0 Å². The lowest BCUT2D eigenvalue weighted by Gasteiger charge is -2.04. The van der Waals surface area contributed by atoms with Crippen LogP contribution in [0.25, 0.3) is 53.2 Å². The Morgan fingerprint density at radius 1 is 0.667 bits per heavy atom. The third-order valence-corrected chi connectivity index (χ3v) is 6.53. The van der Waals surface area contributed by atoms with Crippen LogP contribution in [0.15, 0.2) is 66.7 Å². The van der Waals surface area contributed by atoms with E-state index in [2.05, 4.69) is 74.6 Å². The highest BCUT2D eigenvalue weighted by Gasteiger charge is 2.24. The van der Waals surface area contributed by atoms with Gasteiger partial charge in [-0.3, -0.25) is 0 Å². The van der Waals surface area contributed by atoms with Crippen LogP contribution < -0.4 is 5.46 Å². The van der Waals surface area contributed by atoms with Crippen LogP contribution in [-0.4, -0.2) is 7.85 Å². The van der Waals surface area contributed by atoms with Gasteiger partial charge in [0.25, 0.3) is 0 Å². The van der Waals surface area contributed by atoms with Gasteiger partial charge in [-0.1, -0.05) is 66.1 Å². The van der Waals surface area contributed by atoms with E-state index in [1.165, 1.54) is 58.7 Å². The van der Waals surface area contributed by atoms with Gasteiger partial charge in [0.05, 0.1) is 0 Å². The number of hydrogen-bond acceptors (Lipinski definition) is 1. The van der Waals surface area contributed by atoms with Crippen molar-refractivity contribution in [2.75, 3.05) is 0 Å².